The van der Waals surface area contributed by atoms with Gasteiger partial charge in [0, 0.05) is 23.1 Å². The molecule has 0 unspecified atom stereocenters. The van der Waals surface area contributed by atoms with E-state index in [9.17, 15) is 20.0 Å². The predicted octanol–water partition coefficient (Wildman–Crippen LogP) is 5.27. The molecule has 2 aromatic heterocycles. The van der Waals surface area contributed by atoms with Crippen LogP contribution in [-0.4, -0.2) is 21.0 Å². The van der Waals surface area contributed by atoms with Crippen molar-refractivity contribution < 1.29 is 19.2 Å². The molecule has 0 fully saturated rings. The van der Waals surface area contributed by atoms with Gasteiger partial charge in [-0.15, -0.1) is 0 Å². The van der Waals surface area contributed by atoms with Gasteiger partial charge in [0.1, 0.15) is 11.5 Å². The number of para-hydroxylation sites is 1. The molecule has 0 saturated heterocycles. The third-order valence-corrected chi connectivity index (χ3v) is 4.37. The van der Waals surface area contributed by atoms with Crippen molar-refractivity contribution in [3.05, 3.63) is 93.9 Å². The van der Waals surface area contributed by atoms with E-state index in [-0.39, 0.29) is 11.3 Å². The van der Waals surface area contributed by atoms with Gasteiger partial charge in [-0.3, -0.25) is 10.1 Å². The van der Waals surface area contributed by atoms with E-state index in [2.05, 4.69) is 4.98 Å². The molecule has 29 heavy (non-hydrogen) atoms. The van der Waals surface area contributed by atoms with Gasteiger partial charge in [0.05, 0.1) is 21.7 Å². The van der Waals surface area contributed by atoms with Crippen molar-refractivity contribution in [2.75, 3.05) is 0 Å². The summed E-state index contributed by atoms with van der Waals surface area (Å²) in [5, 5.41) is 20.8. The standard InChI is InChI=1S/C22H14N2O5/c25-22(26)19-13-15(23-20-4-2-1-3-18(19)20)7-10-17-11-12-21(29-17)14-5-8-16(9-6-14)24(27)28/h1-13H,(H,25,26)/b10-7+. The number of carboxylic acid groups (broad SMARTS) is 1. The van der Waals surface area contributed by atoms with E-state index in [1.165, 1.54) is 18.2 Å². The fourth-order valence-electron chi connectivity index (χ4n) is 2.97. The number of carboxylic acids is 1. The molecule has 0 saturated carbocycles. The highest BCUT2D eigenvalue weighted by atomic mass is 16.6. The Morgan fingerprint density at radius 1 is 1.03 bits per heavy atom. The van der Waals surface area contributed by atoms with Crippen molar-refractivity contribution in [1.82, 2.24) is 4.98 Å². The molecule has 142 valence electrons. The Bertz CT molecular complexity index is 1260. The summed E-state index contributed by atoms with van der Waals surface area (Å²) in [5.74, 6) is 0.0964. The van der Waals surface area contributed by atoms with Crippen LogP contribution in [0.3, 0.4) is 0 Å². The summed E-state index contributed by atoms with van der Waals surface area (Å²) in [6.45, 7) is 0. The molecule has 4 aromatic rings. The van der Waals surface area contributed by atoms with Crippen molar-refractivity contribution in [1.29, 1.82) is 0 Å². The molecular weight excluding hydrogens is 372 g/mol. The molecule has 0 aliphatic heterocycles. The molecule has 0 bridgehead atoms. The molecule has 2 heterocycles. The lowest BCUT2D eigenvalue weighted by atomic mass is 10.1. The van der Waals surface area contributed by atoms with Gasteiger partial charge in [-0.25, -0.2) is 9.78 Å². The molecule has 7 heteroatoms. The fraction of sp³-hybridized carbons (Fsp3) is 0. The van der Waals surface area contributed by atoms with Crippen LogP contribution < -0.4 is 0 Å². The number of non-ortho nitro benzene ring substituents is 1. The number of aromatic nitrogens is 1. The molecule has 0 radical (unpaired) electrons. The van der Waals surface area contributed by atoms with Gasteiger partial charge in [0.25, 0.3) is 5.69 Å². The second-order valence-electron chi connectivity index (χ2n) is 6.26. The Hall–Kier alpha value is -4.26. The number of fused-ring (bicyclic) bond motifs is 1. The number of rotatable bonds is 5. The second kappa shape index (κ2) is 7.40. The lowest BCUT2D eigenvalue weighted by Gasteiger charge is -2.03. The van der Waals surface area contributed by atoms with Gasteiger partial charge in [-0.2, -0.15) is 0 Å². The van der Waals surface area contributed by atoms with Crippen molar-refractivity contribution in [2.24, 2.45) is 0 Å². The van der Waals surface area contributed by atoms with E-state index in [4.69, 9.17) is 4.42 Å². The van der Waals surface area contributed by atoms with E-state index in [0.717, 1.165) is 0 Å². The number of benzene rings is 2. The summed E-state index contributed by atoms with van der Waals surface area (Å²) in [4.78, 5) is 26.3. The zero-order valence-corrected chi connectivity index (χ0v) is 15.0. The van der Waals surface area contributed by atoms with E-state index < -0.39 is 10.9 Å². The SMILES string of the molecule is O=C(O)c1cc(/C=C/c2ccc(-c3ccc([N+](=O)[O-])cc3)o2)nc2ccccc12. The molecule has 2 aromatic carbocycles. The third-order valence-electron chi connectivity index (χ3n) is 4.37. The smallest absolute Gasteiger partial charge is 0.336 e. The highest BCUT2D eigenvalue weighted by Crippen LogP contribution is 2.26. The minimum Gasteiger partial charge on any atom is -0.478 e. The Kier molecular flexibility index (Phi) is 4.62. The average Bonchev–Trinajstić information content (AvgIpc) is 3.20. The number of carbonyl (C=O) groups is 1. The molecule has 0 aliphatic carbocycles. The third kappa shape index (κ3) is 3.74. The van der Waals surface area contributed by atoms with Crippen LogP contribution in [0, 0.1) is 10.1 Å². The Balaban J connectivity index is 1.62. The van der Waals surface area contributed by atoms with Crippen LogP contribution >= 0.6 is 0 Å². The molecular formula is C22H14N2O5. The minimum absolute atomic E-state index is 0.0111. The largest absolute Gasteiger partial charge is 0.478 e. The van der Waals surface area contributed by atoms with E-state index in [1.54, 1.807) is 60.7 Å². The van der Waals surface area contributed by atoms with Crippen LogP contribution in [0.15, 0.2) is 71.1 Å². The number of hydrogen-bond acceptors (Lipinski definition) is 5. The number of nitrogens with zero attached hydrogens (tertiary/aromatic N) is 2. The van der Waals surface area contributed by atoms with Gasteiger partial charge in [0.2, 0.25) is 0 Å². The molecule has 7 nitrogen and oxygen atoms in total. The van der Waals surface area contributed by atoms with Crippen LogP contribution in [-0.2, 0) is 0 Å². The maximum atomic E-state index is 11.6. The number of pyridine rings is 1. The minimum atomic E-state index is -1.02. The maximum absolute atomic E-state index is 11.6. The van der Waals surface area contributed by atoms with Gasteiger partial charge >= 0.3 is 5.97 Å². The molecule has 0 spiro atoms. The summed E-state index contributed by atoms with van der Waals surface area (Å²) in [5.41, 5.74) is 2.00. The van der Waals surface area contributed by atoms with E-state index in [0.29, 0.717) is 33.7 Å². The monoisotopic (exact) mass is 386 g/mol. The lowest BCUT2D eigenvalue weighted by Crippen LogP contribution is -2.00. The number of furan rings is 1. The zero-order chi connectivity index (χ0) is 20.4. The highest BCUT2D eigenvalue weighted by molar-refractivity contribution is 6.03. The number of nitro groups is 1. The summed E-state index contributed by atoms with van der Waals surface area (Å²) in [7, 11) is 0. The van der Waals surface area contributed by atoms with Crippen LogP contribution in [0.1, 0.15) is 21.8 Å². The first-order chi connectivity index (χ1) is 14.0. The normalized spacial score (nSPS) is 11.2. The summed E-state index contributed by atoms with van der Waals surface area (Å²) in [6, 6.07) is 18.2. The Morgan fingerprint density at radius 3 is 2.52 bits per heavy atom. The number of nitro benzene ring substituents is 1. The van der Waals surface area contributed by atoms with Crippen LogP contribution in [0.25, 0.3) is 34.4 Å². The first kappa shape index (κ1) is 18.1. The van der Waals surface area contributed by atoms with Crippen LogP contribution in [0.4, 0.5) is 5.69 Å². The average molecular weight is 386 g/mol. The summed E-state index contributed by atoms with van der Waals surface area (Å²) in [6.07, 6.45) is 3.37. The first-order valence-electron chi connectivity index (χ1n) is 8.67. The van der Waals surface area contributed by atoms with Gasteiger partial charge in [-0.05, 0) is 48.6 Å². The molecule has 0 atom stereocenters. The Morgan fingerprint density at radius 2 is 1.79 bits per heavy atom. The Labute approximate surface area is 164 Å². The first-order valence-corrected chi connectivity index (χ1v) is 8.67. The summed E-state index contributed by atoms with van der Waals surface area (Å²) >= 11 is 0. The van der Waals surface area contributed by atoms with Gasteiger partial charge in [0.15, 0.2) is 0 Å². The van der Waals surface area contributed by atoms with Crippen molar-refractivity contribution in [3.63, 3.8) is 0 Å². The molecule has 0 aliphatic rings. The van der Waals surface area contributed by atoms with E-state index >= 15 is 0 Å². The lowest BCUT2D eigenvalue weighted by molar-refractivity contribution is -0.384. The van der Waals surface area contributed by atoms with Gasteiger partial charge < -0.3 is 9.52 Å². The van der Waals surface area contributed by atoms with Crippen molar-refractivity contribution in [3.8, 4) is 11.3 Å². The second-order valence-corrected chi connectivity index (χ2v) is 6.26. The van der Waals surface area contributed by atoms with Gasteiger partial charge in [-0.1, -0.05) is 18.2 Å². The molecule has 0 amide bonds. The van der Waals surface area contributed by atoms with Crippen LogP contribution in [0.2, 0.25) is 0 Å². The predicted molar refractivity (Wildman–Crippen MR) is 108 cm³/mol. The number of aromatic carboxylic acids is 1. The quantitative estimate of drug-likeness (QED) is 0.370. The maximum Gasteiger partial charge on any atom is 0.336 e. The highest BCUT2D eigenvalue weighted by Gasteiger charge is 2.11. The van der Waals surface area contributed by atoms with Crippen LogP contribution in [0.5, 0.6) is 0 Å². The van der Waals surface area contributed by atoms with Crippen molar-refractivity contribution in [2.45, 2.75) is 0 Å². The number of hydrogen-bond donors (Lipinski definition) is 1. The van der Waals surface area contributed by atoms with E-state index in [1.807, 2.05) is 0 Å². The molecule has 4 rings (SSSR count). The van der Waals surface area contributed by atoms with Crippen molar-refractivity contribution >= 4 is 34.7 Å². The fourth-order valence-corrected chi connectivity index (χ4v) is 2.97. The molecule has 1 N–H and O–H groups in total. The zero-order valence-electron chi connectivity index (χ0n) is 15.0. The topological polar surface area (TPSA) is 106 Å². The summed E-state index contributed by atoms with van der Waals surface area (Å²) < 4.78 is 5.76.